The summed E-state index contributed by atoms with van der Waals surface area (Å²) in [5.41, 5.74) is 3.27. The Labute approximate surface area is 170 Å². The second kappa shape index (κ2) is 10.1. The van der Waals surface area contributed by atoms with E-state index in [2.05, 4.69) is 28.1 Å². The largest absolute Gasteiger partial charge is 0.483 e. The summed E-state index contributed by atoms with van der Waals surface area (Å²) < 4.78 is 6.03. The van der Waals surface area contributed by atoms with Gasteiger partial charge in [-0.15, -0.1) is 0 Å². The van der Waals surface area contributed by atoms with Gasteiger partial charge in [0.2, 0.25) is 5.91 Å². The number of carboxylic acid groups (broad SMARTS) is 1. The number of ether oxygens (including phenoxy) is 1. The van der Waals surface area contributed by atoms with Crippen molar-refractivity contribution in [3.8, 4) is 0 Å². The number of aryl methyl sites for hydroxylation is 1. The quantitative estimate of drug-likeness (QED) is 0.796. The van der Waals surface area contributed by atoms with Crippen molar-refractivity contribution in [3.63, 3.8) is 0 Å². The molecule has 29 heavy (non-hydrogen) atoms. The van der Waals surface area contributed by atoms with E-state index < -0.39 is 0 Å². The molecule has 0 aliphatic carbocycles. The van der Waals surface area contributed by atoms with Crippen LogP contribution in [0.4, 0.5) is 0 Å². The predicted octanol–water partition coefficient (Wildman–Crippen LogP) is 2.09. The molecular weight excluding hydrogens is 370 g/mol. The maximum atomic E-state index is 12.7. The highest BCUT2D eigenvalue weighted by Crippen LogP contribution is 2.26. The lowest BCUT2D eigenvalue weighted by molar-refractivity contribution is -0.133. The van der Waals surface area contributed by atoms with Gasteiger partial charge in [-0.1, -0.05) is 36.4 Å². The average Bonchev–Trinajstić information content (AvgIpc) is 3.03. The van der Waals surface area contributed by atoms with Crippen LogP contribution in [0.15, 0.2) is 48.5 Å². The number of carbonyl (C=O) groups excluding carboxylic acids is 1. The zero-order chi connectivity index (χ0) is 20.6. The van der Waals surface area contributed by atoms with E-state index in [1.165, 1.54) is 5.56 Å². The molecular formula is C22H27N3O4. The van der Waals surface area contributed by atoms with E-state index in [1.807, 2.05) is 42.2 Å². The van der Waals surface area contributed by atoms with E-state index in [9.17, 15) is 4.79 Å². The predicted molar refractivity (Wildman–Crippen MR) is 108 cm³/mol. The van der Waals surface area contributed by atoms with Crippen LogP contribution in [-0.4, -0.2) is 64.1 Å². The Morgan fingerprint density at radius 1 is 1.14 bits per heavy atom. The van der Waals surface area contributed by atoms with Gasteiger partial charge in [0.1, 0.15) is 0 Å². The van der Waals surface area contributed by atoms with Crippen molar-refractivity contribution in [2.75, 3.05) is 19.7 Å². The molecule has 7 heteroatoms. The standard InChI is InChI=1S/C21H25N3O2.CH2O2/c1-16-6-5-9-18(22-16)13-23-14-19-20(15-23)26-11-10-21(25)24(19)12-17-7-3-2-4-8-17;2-1-3/h2-9,19-20H,10-15H2,1H3;1H,(H,2,3)/t19-,20-;/m0./s1. The molecule has 154 valence electrons. The third-order valence-corrected chi connectivity index (χ3v) is 5.21. The maximum absolute atomic E-state index is 12.7. The summed E-state index contributed by atoms with van der Waals surface area (Å²) in [5, 5.41) is 6.89. The van der Waals surface area contributed by atoms with Gasteiger partial charge in [-0.2, -0.15) is 0 Å². The van der Waals surface area contributed by atoms with Crippen molar-refractivity contribution in [1.82, 2.24) is 14.8 Å². The summed E-state index contributed by atoms with van der Waals surface area (Å²) in [6.07, 6.45) is 0.550. The normalized spacial score (nSPS) is 21.7. The number of amides is 1. The van der Waals surface area contributed by atoms with E-state index in [4.69, 9.17) is 14.6 Å². The third-order valence-electron chi connectivity index (χ3n) is 5.21. The van der Waals surface area contributed by atoms with Gasteiger partial charge in [-0.25, -0.2) is 0 Å². The third kappa shape index (κ3) is 5.62. The number of hydrogen-bond acceptors (Lipinski definition) is 5. The summed E-state index contributed by atoms with van der Waals surface area (Å²) in [6.45, 7) is 5.41. The minimum absolute atomic E-state index is 0.0787. The monoisotopic (exact) mass is 397 g/mol. The maximum Gasteiger partial charge on any atom is 0.290 e. The number of nitrogens with zero attached hydrogens (tertiary/aromatic N) is 3. The van der Waals surface area contributed by atoms with Crippen LogP contribution in [0.5, 0.6) is 0 Å². The lowest BCUT2D eigenvalue weighted by Crippen LogP contribution is -2.45. The molecule has 2 aliphatic rings. The van der Waals surface area contributed by atoms with Crippen molar-refractivity contribution < 1.29 is 19.4 Å². The summed E-state index contributed by atoms with van der Waals surface area (Å²) in [7, 11) is 0. The summed E-state index contributed by atoms with van der Waals surface area (Å²) in [4.78, 5) is 30.0. The molecule has 1 aromatic carbocycles. The Balaban J connectivity index is 0.000000755. The molecule has 2 aliphatic heterocycles. The fourth-order valence-electron chi connectivity index (χ4n) is 3.95. The van der Waals surface area contributed by atoms with Crippen LogP contribution in [0, 0.1) is 6.92 Å². The van der Waals surface area contributed by atoms with E-state index in [0.717, 1.165) is 31.0 Å². The number of aromatic nitrogens is 1. The number of pyridine rings is 1. The Hall–Kier alpha value is -2.77. The molecule has 1 amide bonds. The van der Waals surface area contributed by atoms with Crippen molar-refractivity contribution in [1.29, 1.82) is 0 Å². The van der Waals surface area contributed by atoms with Gasteiger partial charge in [0.25, 0.3) is 6.47 Å². The van der Waals surface area contributed by atoms with Gasteiger partial charge in [0, 0.05) is 31.9 Å². The molecule has 2 saturated heterocycles. The molecule has 1 aromatic heterocycles. The lowest BCUT2D eigenvalue weighted by atomic mass is 10.1. The number of carbonyl (C=O) groups is 2. The molecule has 2 fully saturated rings. The van der Waals surface area contributed by atoms with E-state index >= 15 is 0 Å². The topological polar surface area (TPSA) is 83.0 Å². The van der Waals surface area contributed by atoms with Gasteiger partial charge < -0.3 is 14.7 Å². The Morgan fingerprint density at radius 3 is 2.62 bits per heavy atom. The smallest absolute Gasteiger partial charge is 0.290 e. The summed E-state index contributed by atoms with van der Waals surface area (Å²) in [6, 6.07) is 16.4. The van der Waals surface area contributed by atoms with Crippen LogP contribution in [0.3, 0.4) is 0 Å². The average molecular weight is 397 g/mol. The minimum atomic E-state index is -0.250. The minimum Gasteiger partial charge on any atom is -0.483 e. The molecule has 0 spiro atoms. The van der Waals surface area contributed by atoms with Crippen molar-refractivity contribution >= 4 is 12.4 Å². The van der Waals surface area contributed by atoms with Crippen LogP contribution in [-0.2, 0) is 27.4 Å². The van der Waals surface area contributed by atoms with Crippen LogP contribution in [0.2, 0.25) is 0 Å². The van der Waals surface area contributed by atoms with Gasteiger partial charge >= 0.3 is 0 Å². The van der Waals surface area contributed by atoms with E-state index in [1.54, 1.807) is 0 Å². The van der Waals surface area contributed by atoms with Gasteiger partial charge in [-0.3, -0.25) is 19.5 Å². The second-order valence-electron chi connectivity index (χ2n) is 7.30. The Bertz CT molecular complexity index is 815. The highest BCUT2D eigenvalue weighted by molar-refractivity contribution is 5.77. The Kier molecular flexibility index (Phi) is 7.32. The first kappa shape index (κ1) is 21.0. The zero-order valence-electron chi connectivity index (χ0n) is 16.6. The number of likely N-dealkylation sites (tertiary alicyclic amines) is 1. The fraction of sp³-hybridized carbons (Fsp3) is 0.409. The zero-order valence-corrected chi connectivity index (χ0v) is 16.6. The molecule has 3 heterocycles. The number of fused-ring (bicyclic) bond motifs is 1. The van der Waals surface area contributed by atoms with Crippen LogP contribution >= 0.6 is 0 Å². The first-order chi connectivity index (χ1) is 14.1. The van der Waals surface area contributed by atoms with E-state index in [-0.39, 0.29) is 24.5 Å². The molecule has 0 radical (unpaired) electrons. The first-order valence-electron chi connectivity index (χ1n) is 9.78. The fourth-order valence-corrected chi connectivity index (χ4v) is 3.95. The van der Waals surface area contributed by atoms with Gasteiger partial charge in [0.05, 0.1) is 30.9 Å². The highest BCUT2D eigenvalue weighted by atomic mass is 16.5. The molecule has 4 rings (SSSR count). The Morgan fingerprint density at radius 2 is 1.90 bits per heavy atom. The molecule has 0 saturated carbocycles. The molecule has 2 aromatic rings. The van der Waals surface area contributed by atoms with Crippen LogP contribution in [0.1, 0.15) is 23.4 Å². The lowest BCUT2D eigenvalue weighted by Gasteiger charge is -2.30. The summed E-state index contributed by atoms with van der Waals surface area (Å²) >= 11 is 0. The van der Waals surface area contributed by atoms with Crippen molar-refractivity contribution in [2.45, 2.75) is 38.6 Å². The van der Waals surface area contributed by atoms with Crippen molar-refractivity contribution in [3.05, 3.63) is 65.5 Å². The molecule has 1 N–H and O–H groups in total. The van der Waals surface area contributed by atoms with E-state index in [0.29, 0.717) is 19.6 Å². The molecule has 0 bridgehead atoms. The molecule has 7 nitrogen and oxygen atoms in total. The number of hydrogen-bond donors (Lipinski definition) is 1. The second-order valence-corrected chi connectivity index (χ2v) is 7.30. The van der Waals surface area contributed by atoms with Crippen LogP contribution in [0.25, 0.3) is 0 Å². The number of rotatable bonds is 4. The van der Waals surface area contributed by atoms with Crippen molar-refractivity contribution in [2.24, 2.45) is 0 Å². The van der Waals surface area contributed by atoms with Crippen LogP contribution < -0.4 is 0 Å². The first-order valence-corrected chi connectivity index (χ1v) is 9.78. The molecule has 2 atom stereocenters. The highest BCUT2D eigenvalue weighted by Gasteiger charge is 2.41. The number of benzene rings is 1. The van der Waals surface area contributed by atoms with Gasteiger partial charge in [0.15, 0.2) is 0 Å². The SMILES string of the molecule is Cc1cccc(CN2C[C@@H]3OCCC(=O)N(Cc4ccccc4)[C@H]3C2)n1.O=CO. The molecule has 0 unspecified atom stereocenters. The van der Waals surface area contributed by atoms with Gasteiger partial charge in [-0.05, 0) is 24.6 Å². The summed E-state index contributed by atoms with van der Waals surface area (Å²) in [5.74, 6) is 0.192.